The van der Waals surface area contributed by atoms with Crippen LogP contribution in [-0.2, 0) is 0 Å². The van der Waals surface area contributed by atoms with Crippen LogP contribution in [0.2, 0.25) is 0 Å². The van der Waals surface area contributed by atoms with Gasteiger partial charge in [-0.15, -0.1) is 0 Å². The Hall–Kier alpha value is -1.03. The number of halogens is 3. The molecule has 2 aliphatic rings. The number of nitrogens with one attached hydrogen (secondary N) is 1. The van der Waals surface area contributed by atoms with Crippen molar-refractivity contribution >= 4 is 0 Å². The largest absolute Gasteiger partial charge is 0.406 e. The first kappa shape index (κ1) is 13.0. The van der Waals surface area contributed by atoms with Crippen LogP contribution in [0.1, 0.15) is 42.7 Å². The third kappa shape index (κ3) is 2.27. The number of aryl methyl sites for hydroxylation is 1. The number of alkyl halides is 3. The van der Waals surface area contributed by atoms with Gasteiger partial charge in [-0.05, 0) is 49.7 Å². The van der Waals surface area contributed by atoms with Crippen LogP contribution in [0.25, 0.3) is 0 Å². The molecule has 1 N–H and O–H groups in total. The van der Waals surface area contributed by atoms with Crippen molar-refractivity contribution in [1.29, 1.82) is 0 Å². The molecule has 2 fully saturated rings. The highest BCUT2D eigenvalue weighted by Crippen LogP contribution is 2.51. The van der Waals surface area contributed by atoms with Crippen LogP contribution in [-0.4, -0.2) is 17.8 Å². The van der Waals surface area contributed by atoms with E-state index < -0.39 is 11.7 Å². The molecule has 3 rings (SSSR count). The maximum Gasteiger partial charge on any atom is 0.406 e. The molecular weight excluding hydrogens is 251 g/mol. The zero-order chi connectivity index (χ0) is 13.7. The third-order valence-electron chi connectivity index (χ3n) is 4.54. The highest BCUT2D eigenvalue weighted by Gasteiger charge is 2.64. The number of hydrogen-bond acceptors (Lipinski definition) is 1. The van der Waals surface area contributed by atoms with Crippen molar-refractivity contribution in [3.05, 3.63) is 35.4 Å². The van der Waals surface area contributed by atoms with E-state index in [-0.39, 0.29) is 18.9 Å². The summed E-state index contributed by atoms with van der Waals surface area (Å²) in [5.41, 5.74) is 0.967. The molecular formula is C15H18F3N. The Bertz CT molecular complexity index is 471. The third-order valence-corrected chi connectivity index (χ3v) is 4.54. The second kappa shape index (κ2) is 4.23. The van der Waals surface area contributed by atoms with Crippen LogP contribution in [0.5, 0.6) is 0 Å². The van der Waals surface area contributed by atoms with Crippen LogP contribution in [0, 0.1) is 6.92 Å². The topological polar surface area (TPSA) is 12.0 Å². The van der Waals surface area contributed by atoms with Crippen molar-refractivity contribution in [2.24, 2.45) is 0 Å². The molecule has 0 bridgehead atoms. The minimum absolute atomic E-state index is 0.0220. The maximum absolute atomic E-state index is 12.8. The first-order chi connectivity index (χ1) is 8.91. The predicted molar refractivity (Wildman–Crippen MR) is 68.1 cm³/mol. The summed E-state index contributed by atoms with van der Waals surface area (Å²) in [6.07, 6.45) is -1.98. The molecule has 2 aliphatic carbocycles. The monoisotopic (exact) mass is 269 g/mol. The van der Waals surface area contributed by atoms with Crippen LogP contribution in [0.3, 0.4) is 0 Å². The predicted octanol–water partition coefficient (Wildman–Crippen LogP) is 3.93. The summed E-state index contributed by atoms with van der Waals surface area (Å²) in [7, 11) is 0. The Kier molecular flexibility index (Phi) is 2.89. The van der Waals surface area contributed by atoms with Gasteiger partial charge in [-0.3, -0.25) is 0 Å². The minimum atomic E-state index is -4.10. The van der Waals surface area contributed by atoms with Crippen LogP contribution < -0.4 is 5.32 Å². The van der Waals surface area contributed by atoms with Crippen molar-refractivity contribution in [3.8, 4) is 0 Å². The van der Waals surface area contributed by atoms with Gasteiger partial charge >= 0.3 is 6.18 Å². The molecule has 0 aliphatic heterocycles. The quantitative estimate of drug-likeness (QED) is 0.876. The number of rotatable bonds is 3. The second-order valence-corrected chi connectivity index (χ2v) is 5.95. The van der Waals surface area contributed by atoms with E-state index in [4.69, 9.17) is 0 Å². The van der Waals surface area contributed by atoms with E-state index in [2.05, 4.69) is 24.4 Å². The van der Waals surface area contributed by atoms with E-state index in [0.29, 0.717) is 5.92 Å². The fourth-order valence-electron chi connectivity index (χ4n) is 3.06. The molecule has 0 saturated heterocycles. The average Bonchev–Trinajstić information content (AvgIpc) is 3.04. The van der Waals surface area contributed by atoms with E-state index in [1.807, 2.05) is 12.1 Å². The molecule has 1 nitrogen and oxygen atoms in total. The molecule has 0 unspecified atom stereocenters. The summed E-state index contributed by atoms with van der Waals surface area (Å²) in [5.74, 6) is 0.419. The lowest BCUT2D eigenvalue weighted by atomic mass is 9.74. The normalized spacial score (nSPS) is 28.8. The summed E-state index contributed by atoms with van der Waals surface area (Å²) in [6, 6.07) is 8.17. The second-order valence-electron chi connectivity index (χ2n) is 5.95. The molecule has 0 radical (unpaired) electrons. The Morgan fingerprint density at radius 3 is 2.32 bits per heavy atom. The van der Waals surface area contributed by atoms with Crippen molar-refractivity contribution in [3.63, 3.8) is 0 Å². The molecule has 0 atom stereocenters. The molecule has 2 saturated carbocycles. The van der Waals surface area contributed by atoms with Crippen molar-refractivity contribution in [2.75, 3.05) is 0 Å². The molecule has 0 amide bonds. The summed E-state index contributed by atoms with van der Waals surface area (Å²) < 4.78 is 38.5. The van der Waals surface area contributed by atoms with Gasteiger partial charge in [-0.2, -0.15) is 13.2 Å². The Labute approximate surface area is 111 Å². The lowest BCUT2D eigenvalue weighted by molar-refractivity contribution is -0.169. The molecule has 1 aromatic carbocycles. The van der Waals surface area contributed by atoms with Gasteiger partial charge in [-0.1, -0.05) is 24.3 Å². The standard InChI is InChI=1S/C15H18F3N/c1-10-4-2-3-5-13(10)11-8-12(9-11)19-14(6-7-14)15(16,17)18/h2-5,11-12,19H,6-9H2,1H3. The van der Waals surface area contributed by atoms with E-state index in [9.17, 15) is 13.2 Å². The fraction of sp³-hybridized carbons (Fsp3) is 0.600. The minimum Gasteiger partial charge on any atom is -0.301 e. The molecule has 104 valence electrons. The van der Waals surface area contributed by atoms with Crippen molar-refractivity contribution < 1.29 is 13.2 Å². The molecule has 0 aromatic heterocycles. The molecule has 19 heavy (non-hydrogen) atoms. The Morgan fingerprint density at radius 2 is 1.79 bits per heavy atom. The summed E-state index contributed by atoms with van der Waals surface area (Å²) in [4.78, 5) is 0. The SMILES string of the molecule is Cc1ccccc1C1CC(NC2(C(F)(F)F)CC2)C1. The summed E-state index contributed by atoms with van der Waals surface area (Å²) in [5, 5.41) is 2.84. The van der Waals surface area contributed by atoms with E-state index in [0.717, 1.165) is 12.8 Å². The Morgan fingerprint density at radius 1 is 1.16 bits per heavy atom. The number of benzene rings is 1. The van der Waals surface area contributed by atoms with Gasteiger partial charge in [-0.25, -0.2) is 0 Å². The smallest absolute Gasteiger partial charge is 0.301 e. The van der Waals surface area contributed by atoms with Gasteiger partial charge < -0.3 is 5.32 Å². The van der Waals surface area contributed by atoms with Gasteiger partial charge in [0, 0.05) is 6.04 Å². The maximum atomic E-state index is 12.8. The lowest BCUT2D eigenvalue weighted by Crippen LogP contribution is -2.53. The Balaban J connectivity index is 1.58. The van der Waals surface area contributed by atoms with E-state index in [1.54, 1.807) is 0 Å². The van der Waals surface area contributed by atoms with E-state index in [1.165, 1.54) is 11.1 Å². The van der Waals surface area contributed by atoms with Crippen molar-refractivity contribution in [2.45, 2.75) is 56.3 Å². The highest BCUT2D eigenvalue weighted by molar-refractivity contribution is 5.31. The first-order valence-corrected chi connectivity index (χ1v) is 6.81. The average molecular weight is 269 g/mol. The van der Waals surface area contributed by atoms with Gasteiger partial charge in [0.2, 0.25) is 0 Å². The highest BCUT2D eigenvalue weighted by atomic mass is 19.4. The van der Waals surface area contributed by atoms with Crippen molar-refractivity contribution in [1.82, 2.24) is 5.32 Å². The van der Waals surface area contributed by atoms with Crippen LogP contribution in [0.15, 0.2) is 24.3 Å². The van der Waals surface area contributed by atoms with Crippen LogP contribution >= 0.6 is 0 Å². The summed E-state index contributed by atoms with van der Waals surface area (Å²) >= 11 is 0. The molecule has 0 heterocycles. The van der Waals surface area contributed by atoms with Gasteiger partial charge in [0.1, 0.15) is 5.54 Å². The molecule has 1 aromatic rings. The summed E-state index contributed by atoms with van der Waals surface area (Å²) in [6.45, 7) is 2.06. The zero-order valence-electron chi connectivity index (χ0n) is 10.9. The fourth-order valence-corrected chi connectivity index (χ4v) is 3.06. The van der Waals surface area contributed by atoms with E-state index >= 15 is 0 Å². The van der Waals surface area contributed by atoms with Gasteiger partial charge in [0.15, 0.2) is 0 Å². The first-order valence-electron chi connectivity index (χ1n) is 6.81. The molecule has 4 heteroatoms. The van der Waals surface area contributed by atoms with Crippen LogP contribution in [0.4, 0.5) is 13.2 Å². The molecule has 0 spiro atoms. The zero-order valence-corrected chi connectivity index (χ0v) is 10.9. The lowest BCUT2D eigenvalue weighted by Gasteiger charge is -2.40. The number of hydrogen-bond donors (Lipinski definition) is 1. The van der Waals surface area contributed by atoms with Gasteiger partial charge in [0.25, 0.3) is 0 Å². The van der Waals surface area contributed by atoms with Gasteiger partial charge in [0.05, 0.1) is 0 Å².